The minimum absolute atomic E-state index is 0.238. The van der Waals surface area contributed by atoms with E-state index in [1.54, 1.807) is 12.1 Å². The second-order valence-corrected chi connectivity index (χ2v) is 3.80. The first-order valence-corrected chi connectivity index (χ1v) is 5.88. The van der Waals surface area contributed by atoms with Crippen molar-refractivity contribution in [2.45, 2.75) is 13.5 Å². The van der Waals surface area contributed by atoms with Crippen molar-refractivity contribution in [1.29, 1.82) is 0 Å². The lowest BCUT2D eigenvalue weighted by Gasteiger charge is -2.09. The van der Waals surface area contributed by atoms with Crippen LogP contribution in [0.4, 0.5) is 4.39 Å². The van der Waals surface area contributed by atoms with Crippen LogP contribution in [-0.2, 0) is 6.61 Å². The van der Waals surface area contributed by atoms with Crippen LogP contribution in [0.25, 0.3) is 0 Å². The van der Waals surface area contributed by atoms with Crippen LogP contribution in [0.2, 0.25) is 0 Å². The summed E-state index contributed by atoms with van der Waals surface area (Å²) in [7, 11) is 0. The summed E-state index contributed by atoms with van der Waals surface area (Å²) in [5.74, 6) is 0.348. The standard InChI is InChI=1S/C15H15FO2/c1-2-17-13-8-9-15(14(16)10-13)18-11-12-6-4-3-5-7-12/h3-10H,2,11H2,1H3. The fourth-order valence-corrected chi connectivity index (χ4v) is 1.59. The quantitative estimate of drug-likeness (QED) is 0.798. The molecule has 0 aliphatic carbocycles. The number of halogens is 1. The molecule has 2 aromatic rings. The summed E-state index contributed by atoms with van der Waals surface area (Å²) >= 11 is 0. The fraction of sp³-hybridized carbons (Fsp3) is 0.200. The predicted octanol–water partition coefficient (Wildman–Crippen LogP) is 3.80. The molecule has 0 bridgehead atoms. The largest absolute Gasteiger partial charge is 0.494 e. The van der Waals surface area contributed by atoms with Gasteiger partial charge >= 0.3 is 0 Å². The molecular formula is C15H15FO2. The molecule has 0 radical (unpaired) electrons. The Balaban J connectivity index is 2.01. The van der Waals surface area contributed by atoms with E-state index in [9.17, 15) is 4.39 Å². The zero-order chi connectivity index (χ0) is 12.8. The van der Waals surface area contributed by atoms with Gasteiger partial charge in [0.25, 0.3) is 0 Å². The summed E-state index contributed by atoms with van der Waals surface area (Å²) in [5, 5.41) is 0. The van der Waals surface area contributed by atoms with Gasteiger partial charge < -0.3 is 9.47 Å². The Morgan fingerprint density at radius 1 is 1.00 bits per heavy atom. The number of rotatable bonds is 5. The second-order valence-electron chi connectivity index (χ2n) is 3.80. The van der Waals surface area contributed by atoms with Crippen molar-refractivity contribution in [3.8, 4) is 11.5 Å². The van der Waals surface area contributed by atoms with Crippen LogP contribution in [0.3, 0.4) is 0 Å². The molecule has 0 unspecified atom stereocenters. The van der Waals surface area contributed by atoms with Crippen molar-refractivity contribution in [2.75, 3.05) is 6.61 Å². The minimum atomic E-state index is -0.406. The first-order valence-electron chi connectivity index (χ1n) is 5.88. The van der Waals surface area contributed by atoms with Gasteiger partial charge in [-0.15, -0.1) is 0 Å². The maximum atomic E-state index is 13.7. The van der Waals surface area contributed by atoms with Crippen molar-refractivity contribution < 1.29 is 13.9 Å². The fourth-order valence-electron chi connectivity index (χ4n) is 1.59. The molecule has 0 amide bonds. The van der Waals surface area contributed by atoms with Crippen molar-refractivity contribution in [1.82, 2.24) is 0 Å². The summed E-state index contributed by atoms with van der Waals surface area (Å²) in [4.78, 5) is 0. The van der Waals surface area contributed by atoms with E-state index < -0.39 is 5.82 Å². The number of benzene rings is 2. The van der Waals surface area contributed by atoms with E-state index in [1.165, 1.54) is 6.07 Å². The SMILES string of the molecule is CCOc1ccc(OCc2ccccc2)c(F)c1. The topological polar surface area (TPSA) is 18.5 Å². The summed E-state index contributed by atoms with van der Waals surface area (Å²) in [6, 6.07) is 14.3. The summed E-state index contributed by atoms with van der Waals surface area (Å²) < 4.78 is 24.3. The average Bonchev–Trinajstić information content (AvgIpc) is 2.39. The first-order chi connectivity index (χ1) is 8.79. The summed E-state index contributed by atoms with van der Waals surface area (Å²) in [6.07, 6.45) is 0. The van der Waals surface area contributed by atoms with Crippen LogP contribution in [0.5, 0.6) is 11.5 Å². The van der Waals surface area contributed by atoms with Gasteiger partial charge in [-0.25, -0.2) is 4.39 Å². The van der Waals surface area contributed by atoms with Crippen molar-refractivity contribution in [2.24, 2.45) is 0 Å². The van der Waals surface area contributed by atoms with E-state index in [2.05, 4.69) is 0 Å². The van der Waals surface area contributed by atoms with Crippen molar-refractivity contribution in [3.05, 3.63) is 59.9 Å². The first kappa shape index (κ1) is 12.4. The second kappa shape index (κ2) is 6.05. The van der Waals surface area contributed by atoms with E-state index in [-0.39, 0.29) is 5.75 Å². The molecule has 0 atom stereocenters. The van der Waals surface area contributed by atoms with Crippen LogP contribution in [0, 0.1) is 5.82 Å². The predicted molar refractivity (Wildman–Crippen MR) is 68.3 cm³/mol. The molecule has 0 heterocycles. The van der Waals surface area contributed by atoms with Gasteiger partial charge in [0.15, 0.2) is 11.6 Å². The third-order valence-corrected chi connectivity index (χ3v) is 2.45. The average molecular weight is 246 g/mol. The Hall–Kier alpha value is -2.03. The van der Waals surface area contributed by atoms with E-state index >= 15 is 0 Å². The van der Waals surface area contributed by atoms with Gasteiger partial charge in [0.1, 0.15) is 12.4 Å². The zero-order valence-electron chi connectivity index (χ0n) is 10.2. The van der Waals surface area contributed by atoms with Crippen LogP contribution in [0.15, 0.2) is 48.5 Å². The van der Waals surface area contributed by atoms with Crippen LogP contribution >= 0.6 is 0 Å². The Morgan fingerprint density at radius 3 is 2.44 bits per heavy atom. The molecule has 0 aromatic heterocycles. The molecule has 2 rings (SSSR count). The van der Waals surface area contributed by atoms with Gasteiger partial charge in [-0.1, -0.05) is 30.3 Å². The Bertz CT molecular complexity index is 497. The lowest BCUT2D eigenvalue weighted by atomic mass is 10.2. The van der Waals surface area contributed by atoms with Gasteiger partial charge in [0.2, 0.25) is 0 Å². The molecule has 0 saturated carbocycles. The molecule has 0 N–H and O–H groups in total. The highest BCUT2D eigenvalue weighted by Gasteiger charge is 2.05. The molecule has 18 heavy (non-hydrogen) atoms. The summed E-state index contributed by atoms with van der Waals surface area (Å²) in [5.41, 5.74) is 1.01. The van der Waals surface area contributed by atoms with Gasteiger partial charge in [0.05, 0.1) is 6.61 Å². The van der Waals surface area contributed by atoms with Crippen molar-refractivity contribution >= 4 is 0 Å². The molecule has 0 fully saturated rings. The third kappa shape index (κ3) is 3.23. The molecule has 2 nitrogen and oxygen atoms in total. The lowest BCUT2D eigenvalue weighted by molar-refractivity contribution is 0.287. The molecule has 0 saturated heterocycles. The lowest BCUT2D eigenvalue weighted by Crippen LogP contribution is -1.98. The maximum Gasteiger partial charge on any atom is 0.168 e. The number of ether oxygens (including phenoxy) is 2. The van der Waals surface area contributed by atoms with Crippen molar-refractivity contribution in [3.63, 3.8) is 0 Å². The monoisotopic (exact) mass is 246 g/mol. The van der Waals surface area contributed by atoms with Gasteiger partial charge in [-0.05, 0) is 24.6 Å². The Morgan fingerprint density at radius 2 is 1.78 bits per heavy atom. The maximum absolute atomic E-state index is 13.7. The smallest absolute Gasteiger partial charge is 0.168 e. The van der Waals surface area contributed by atoms with E-state index in [0.717, 1.165) is 5.56 Å². The molecular weight excluding hydrogens is 231 g/mol. The molecule has 0 aliphatic rings. The Kier molecular flexibility index (Phi) is 4.18. The highest BCUT2D eigenvalue weighted by Crippen LogP contribution is 2.23. The van der Waals surface area contributed by atoms with Gasteiger partial charge in [-0.3, -0.25) is 0 Å². The molecule has 0 spiro atoms. The normalized spacial score (nSPS) is 10.1. The van der Waals surface area contributed by atoms with E-state index in [1.807, 2.05) is 37.3 Å². The van der Waals surface area contributed by atoms with Crippen LogP contribution in [-0.4, -0.2) is 6.61 Å². The molecule has 3 heteroatoms. The molecule has 0 aliphatic heterocycles. The Labute approximate surface area is 106 Å². The highest BCUT2D eigenvalue weighted by molar-refractivity contribution is 5.33. The number of hydrogen-bond donors (Lipinski definition) is 0. The molecule has 94 valence electrons. The zero-order valence-corrected chi connectivity index (χ0v) is 10.2. The van der Waals surface area contributed by atoms with Gasteiger partial charge in [-0.2, -0.15) is 0 Å². The minimum Gasteiger partial charge on any atom is -0.494 e. The summed E-state index contributed by atoms with van der Waals surface area (Å²) in [6.45, 7) is 2.73. The van der Waals surface area contributed by atoms with Crippen LogP contribution in [0.1, 0.15) is 12.5 Å². The third-order valence-electron chi connectivity index (χ3n) is 2.45. The van der Waals surface area contributed by atoms with E-state index in [4.69, 9.17) is 9.47 Å². The van der Waals surface area contributed by atoms with E-state index in [0.29, 0.717) is 19.0 Å². The van der Waals surface area contributed by atoms with Gasteiger partial charge in [0, 0.05) is 6.07 Å². The van der Waals surface area contributed by atoms with Crippen LogP contribution < -0.4 is 9.47 Å². The highest BCUT2D eigenvalue weighted by atomic mass is 19.1. The molecule has 2 aromatic carbocycles. The number of hydrogen-bond acceptors (Lipinski definition) is 2.